The van der Waals surface area contributed by atoms with Gasteiger partial charge in [-0.15, -0.1) is 0 Å². The first-order chi connectivity index (χ1) is 2.56. The van der Waals surface area contributed by atoms with Gasteiger partial charge < -0.3 is 9.79 Å². The first-order valence-electron chi connectivity index (χ1n) is 1.25. The van der Waals surface area contributed by atoms with Crippen LogP contribution < -0.4 is 0 Å². The predicted octanol–water partition coefficient (Wildman–Crippen LogP) is -0.341. The summed E-state index contributed by atoms with van der Waals surface area (Å²) in [4.78, 5) is 15.6. The van der Waals surface area contributed by atoms with Crippen molar-refractivity contribution in [1.29, 1.82) is 0 Å². The topological polar surface area (TPSA) is 57.5 Å². The summed E-state index contributed by atoms with van der Waals surface area (Å²) in [5.74, 6) is 0.604. The van der Waals surface area contributed by atoms with Crippen molar-refractivity contribution in [3.63, 3.8) is 0 Å². The molecule has 0 atom stereocenters. The van der Waals surface area contributed by atoms with Gasteiger partial charge in [0.2, 0.25) is 0 Å². The van der Waals surface area contributed by atoms with E-state index in [0.717, 1.165) is 0 Å². The van der Waals surface area contributed by atoms with E-state index >= 15 is 0 Å². The molecular formula is C2H6LiO3P. The summed E-state index contributed by atoms with van der Waals surface area (Å²) in [6, 6.07) is 0. The van der Waals surface area contributed by atoms with Crippen molar-refractivity contribution in [2.24, 2.45) is 0 Å². The number of rotatable bonds is 1. The summed E-state index contributed by atoms with van der Waals surface area (Å²) < 4.78 is 9.58. The van der Waals surface area contributed by atoms with Gasteiger partial charge in [-0.1, -0.05) is 6.58 Å². The van der Waals surface area contributed by atoms with Crippen molar-refractivity contribution in [1.82, 2.24) is 0 Å². The molecule has 0 aliphatic rings. The Morgan fingerprint density at radius 3 is 1.71 bits per heavy atom. The molecule has 0 saturated carbocycles. The van der Waals surface area contributed by atoms with Gasteiger partial charge in [0.05, 0.1) is 0 Å². The van der Waals surface area contributed by atoms with E-state index in [4.69, 9.17) is 9.79 Å². The van der Waals surface area contributed by atoms with E-state index in [9.17, 15) is 4.57 Å². The van der Waals surface area contributed by atoms with Crippen molar-refractivity contribution in [2.75, 3.05) is 0 Å². The molecule has 3 nitrogen and oxygen atoms in total. The molecular weight excluding hydrogens is 110 g/mol. The fourth-order valence-corrected chi connectivity index (χ4v) is 0. The molecule has 0 saturated heterocycles. The molecule has 38 valence electrons. The molecule has 0 unspecified atom stereocenters. The van der Waals surface area contributed by atoms with Crippen molar-refractivity contribution >= 4 is 26.5 Å². The van der Waals surface area contributed by atoms with E-state index in [2.05, 4.69) is 6.58 Å². The van der Waals surface area contributed by atoms with Crippen LogP contribution >= 0.6 is 7.60 Å². The molecule has 0 aliphatic heterocycles. The van der Waals surface area contributed by atoms with Gasteiger partial charge in [0.1, 0.15) is 0 Å². The molecule has 2 N–H and O–H groups in total. The summed E-state index contributed by atoms with van der Waals surface area (Å²) in [5.41, 5.74) is 0. The molecule has 0 amide bonds. The zero-order chi connectivity index (χ0) is 5.21. The fourth-order valence-electron chi connectivity index (χ4n) is 0. The Labute approximate surface area is 53.8 Å². The van der Waals surface area contributed by atoms with Crippen molar-refractivity contribution < 1.29 is 14.4 Å². The Morgan fingerprint density at radius 2 is 1.71 bits per heavy atom. The molecule has 0 bridgehead atoms. The van der Waals surface area contributed by atoms with Crippen LogP contribution in [0.4, 0.5) is 0 Å². The average Bonchev–Trinajstić information content (AvgIpc) is 1.35. The fraction of sp³-hybridized carbons (Fsp3) is 0. The molecule has 0 aromatic rings. The molecule has 0 spiro atoms. The van der Waals surface area contributed by atoms with Gasteiger partial charge in [-0.2, -0.15) is 0 Å². The Kier molecular flexibility index (Phi) is 5.21. The van der Waals surface area contributed by atoms with Gasteiger partial charge in [-0.3, -0.25) is 4.57 Å². The molecule has 0 aromatic heterocycles. The molecule has 0 aromatic carbocycles. The number of hydrogen-bond acceptors (Lipinski definition) is 1. The standard InChI is InChI=1S/C2H5O3P.Li.H/c1-2-6(3,4)5;;/h2H,1H2,(H2,3,4,5);;. The van der Waals surface area contributed by atoms with Crippen LogP contribution in [0.1, 0.15) is 0 Å². The van der Waals surface area contributed by atoms with E-state index in [-0.39, 0.29) is 18.9 Å². The second kappa shape index (κ2) is 3.48. The molecule has 0 fully saturated rings. The summed E-state index contributed by atoms with van der Waals surface area (Å²) in [6.07, 6.45) is 0. The summed E-state index contributed by atoms with van der Waals surface area (Å²) in [6.45, 7) is 2.87. The Bertz CT molecular complexity index is 95.1. The summed E-state index contributed by atoms with van der Waals surface area (Å²) in [7, 11) is -3.88. The van der Waals surface area contributed by atoms with E-state index in [1.54, 1.807) is 0 Å². The SMILES string of the molecule is C=CP(=O)(O)O.[LiH]. The van der Waals surface area contributed by atoms with Crippen LogP contribution in [0.15, 0.2) is 12.4 Å². The van der Waals surface area contributed by atoms with E-state index in [1.807, 2.05) is 0 Å². The third-order valence-electron chi connectivity index (χ3n) is 0.238. The van der Waals surface area contributed by atoms with E-state index in [0.29, 0.717) is 5.82 Å². The molecule has 0 radical (unpaired) electrons. The Balaban J connectivity index is 0. The van der Waals surface area contributed by atoms with Crippen LogP contribution in [0.3, 0.4) is 0 Å². The van der Waals surface area contributed by atoms with Crippen LogP contribution in [0.2, 0.25) is 0 Å². The molecule has 5 heteroatoms. The van der Waals surface area contributed by atoms with E-state index < -0.39 is 7.60 Å². The molecule has 0 aliphatic carbocycles. The second-order valence-electron chi connectivity index (χ2n) is 0.772. The summed E-state index contributed by atoms with van der Waals surface area (Å²) in [5, 5.41) is 0. The van der Waals surface area contributed by atoms with Crippen LogP contribution in [0.25, 0.3) is 0 Å². The predicted molar refractivity (Wildman–Crippen MR) is 29.4 cm³/mol. The first-order valence-corrected chi connectivity index (χ1v) is 2.93. The van der Waals surface area contributed by atoms with Crippen LogP contribution in [0.5, 0.6) is 0 Å². The Hall–Kier alpha value is 0.487. The van der Waals surface area contributed by atoms with Gasteiger partial charge >= 0.3 is 26.5 Å². The van der Waals surface area contributed by atoms with Crippen LogP contribution in [-0.2, 0) is 4.57 Å². The number of hydrogen-bond donors (Lipinski definition) is 2. The van der Waals surface area contributed by atoms with Gasteiger partial charge in [-0.05, 0) is 0 Å². The van der Waals surface area contributed by atoms with Gasteiger partial charge in [0.25, 0.3) is 0 Å². The Morgan fingerprint density at radius 1 is 1.57 bits per heavy atom. The first kappa shape index (κ1) is 10.5. The quantitative estimate of drug-likeness (QED) is 0.364. The third kappa shape index (κ3) is 10.7. The van der Waals surface area contributed by atoms with Gasteiger partial charge in [0, 0.05) is 5.82 Å². The van der Waals surface area contributed by atoms with Crippen LogP contribution in [0, 0.1) is 0 Å². The minimum atomic E-state index is -3.88. The van der Waals surface area contributed by atoms with E-state index in [1.165, 1.54) is 0 Å². The van der Waals surface area contributed by atoms with Crippen molar-refractivity contribution in [3.8, 4) is 0 Å². The zero-order valence-corrected chi connectivity index (χ0v) is 3.93. The maximum atomic E-state index is 9.58. The normalized spacial score (nSPS) is 9.43. The van der Waals surface area contributed by atoms with Gasteiger partial charge in [-0.25, -0.2) is 0 Å². The minimum absolute atomic E-state index is 0. The molecule has 0 heterocycles. The molecule has 0 rings (SSSR count). The van der Waals surface area contributed by atoms with Crippen molar-refractivity contribution in [2.45, 2.75) is 0 Å². The zero-order valence-electron chi connectivity index (χ0n) is 3.03. The second-order valence-corrected chi connectivity index (χ2v) is 2.31. The van der Waals surface area contributed by atoms with Crippen molar-refractivity contribution in [3.05, 3.63) is 12.4 Å². The third-order valence-corrected chi connectivity index (χ3v) is 0.714. The maximum absolute atomic E-state index is 9.58. The monoisotopic (exact) mass is 116 g/mol. The molecule has 7 heavy (non-hydrogen) atoms. The van der Waals surface area contributed by atoms with Gasteiger partial charge in [0.15, 0.2) is 0 Å². The van der Waals surface area contributed by atoms with Crippen LogP contribution in [-0.4, -0.2) is 28.6 Å². The summed E-state index contributed by atoms with van der Waals surface area (Å²) >= 11 is 0. The average molecular weight is 116 g/mol.